The Balaban J connectivity index is 1.62. The zero-order chi connectivity index (χ0) is 24.9. The van der Waals surface area contributed by atoms with Crippen LogP contribution in [0.15, 0.2) is 61.2 Å². The van der Waals surface area contributed by atoms with E-state index >= 15 is 0 Å². The second kappa shape index (κ2) is 10.5. The van der Waals surface area contributed by atoms with Crippen LogP contribution >= 0.6 is 11.6 Å². The van der Waals surface area contributed by atoms with Crippen molar-refractivity contribution in [1.82, 2.24) is 29.9 Å². The van der Waals surface area contributed by atoms with Gasteiger partial charge in [0.05, 0.1) is 30.2 Å². The first-order valence-corrected chi connectivity index (χ1v) is 10.7. The third kappa shape index (κ3) is 5.10. The van der Waals surface area contributed by atoms with Crippen molar-refractivity contribution in [1.29, 1.82) is 5.41 Å². The van der Waals surface area contributed by atoms with Gasteiger partial charge in [-0.1, -0.05) is 29.8 Å². The van der Waals surface area contributed by atoms with Gasteiger partial charge in [-0.05, 0) is 35.4 Å². The molecule has 180 valence electrons. The summed E-state index contributed by atoms with van der Waals surface area (Å²) < 4.78 is 31.5. The zero-order valence-electron chi connectivity index (χ0n) is 18.4. The fourth-order valence-corrected chi connectivity index (χ4v) is 3.81. The monoisotopic (exact) mass is 499 g/mol. The molecule has 4 rings (SSSR count). The number of rotatable bonds is 9. The fraction of sp³-hybridized carbons (Fsp3) is 0.174. The first kappa shape index (κ1) is 24.2. The SMILES string of the molecule is COCC(c1ccc(Cl)c(-c2ncn[nH]2)c1)N(C=N)C(=O)c1ccc(-c2cnn(C(F)F)c2)cc1. The Morgan fingerprint density at radius 2 is 2.03 bits per heavy atom. The molecule has 2 N–H and O–H groups in total. The number of methoxy groups -OCH3 is 1. The van der Waals surface area contributed by atoms with Crippen LogP contribution in [0.3, 0.4) is 0 Å². The molecule has 9 nitrogen and oxygen atoms in total. The highest BCUT2D eigenvalue weighted by Gasteiger charge is 2.26. The lowest BCUT2D eigenvalue weighted by molar-refractivity contribution is 0.0566. The number of halogens is 3. The largest absolute Gasteiger partial charge is 0.382 e. The van der Waals surface area contributed by atoms with Gasteiger partial charge in [0.15, 0.2) is 5.82 Å². The van der Waals surface area contributed by atoms with Crippen molar-refractivity contribution in [3.8, 4) is 22.5 Å². The summed E-state index contributed by atoms with van der Waals surface area (Å²) in [6, 6.07) is 11.0. The van der Waals surface area contributed by atoms with Crippen molar-refractivity contribution >= 4 is 23.8 Å². The topological polar surface area (TPSA) is 113 Å². The van der Waals surface area contributed by atoms with Crippen LogP contribution in [0.1, 0.15) is 28.5 Å². The quantitative estimate of drug-likeness (QED) is 0.253. The van der Waals surface area contributed by atoms with Crippen molar-refractivity contribution in [3.05, 3.63) is 77.3 Å². The van der Waals surface area contributed by atoms with E-state index in [2.05, 4.69) is 20.3 Å². The van der Waals surface area contributed by atoms with Gasteiger partial charge in [-0.25, -0.2) is 9.67 Å². The molecule has 0 aliphatic rings. The van der Waals surface area contributed by atoms with Crippen LogP contribution in [-0.4, -0.2) is 55.8 Å². The molecule has 4 aromatic rings. The van der Waals surface area contributed by atoms with Gasteiger partial charge in [0.2, 0.25) is 0 Å². The number of hydrogen-bond donors (Lipinski definition) is 2. The van der Waals surface area contributed by atoms with Gasteiger partial charge in [0.25, 0.3) is 5.91 Å². The standard InChI is InChI=1S/C23H20ClF2N7O2/c1-35-11-20(16-6-7-19(24)18(8-16)21-28-13-29-31-21)32(12-27)22(34)15-4-2-14(3-5-15)17-9-30-33(10-17)23(25)26/h2-10,12-13,20,23,27H,11H2,1H3,(H,28,29,31). The summed E-state index contributed by atoms with van der Waals surface area (Å²) in [7, 11) is 1.50. The van der Waals surface area contributed by atoms with Crippen LogP contribution in [-0.2, 0) is 4.74 Å². The third-order valence-electron chi connectivity index (χ3n) is 5.35. The van der Waals surface area contributed by atoms with E-state index in [0.717, 1.165) is 6.34 Å². The number of carbonyl (C=O) groups is 1. The van der Waals surface area contributed by atoms with Crippen LogP contribution in [0, 0.1) is 5.41 Å². The zero-order valence-corrected chi connectivity index (χ0v) is 19.2. The number of aromatic amines is 1. The van der Waals surface area contributed by atoms with Crippen molar-refractivity contribution in [2.45, 2.75) is 12.6 Å². The van der Waals surface area contributed by atoms with Crippen LogP contribution in [0.2, 0.25) is 5.02 Å². The second-order valence-electron chi connectivity index (χ2n) is 7.45. The molecule has 0 aliphatic heterocycles. The maximum atomic E-state index is 13.3. The first-order chi connectivity index (χ1) is 16.9. The summed E-state index contributed by atoms with van der Waals surface area (Å²) >= 11 is 6.33. The van der Waals surface area contributed by atoms with Crippen molar-refractivity contribution < 1.29 is 18.3 Å². The van der Waals surface area contributed by atoms with Crippen LogP contribution in [0.25, 0.3) is 22.5 Å². The van der Waals surface area contributed by atoms with E-state index in [0.29, 0.717) is 43.3 Å². The molecule has 2 aromatic heterocycles. The highest BCUT2D eigenvalue weighted by Crippen LogP contribution is 2.31. The summed E-state index contributed by atoms with van der Waals surface area (Å²) in [5.74, 6) is 0.0274. The third-order valence-corrected chi connectivity index (χ3v) is 5.68. The minimum Gasteiger partial charge on any atom is -0.382 e. The predicted molar refractivity (Wildman–Crippen MR) is 125 cm³/mol. The molecular formula is C23H20ClF2N7O2. The summed E-state index contributed by atoms with van der Waals surface area (Å²) in [6.07, 6.45) is 4.86. The number of benzene rings is 2. The van der Waals surface area contributed by atoms with Crippen LogP contribution in [0.4, 0.5) is 8.78 Å². The second-order valence-corrected chi connectivity index (χ2v) is 7.86. The molecule has 0 fully saturated rings. The summed E-state index contributed by atoms with van der Waals surface area (Å²) in [4.78, 5) is 18.7. The molecule has 0 saturated heterocycles. The molecule has 0 saturated carbocycles. The summed E-state index contributed by atoms with van der Waals surface area (Å²) in [5.41, 5.74) is 2.69. The van der Waals surface area contributed by atoms with E-state index in [1.165, 1.54) is 30.7 Å². The molecule has 0 spiro atoms. The van der Waals surface area contributed by atoms with E-state index < -0.39 is 18.5 Å². The minimum atomic E-state index is -2.74. The Bertz CT molecular complexity index is 1310. The summed E-state index contributed by atoms with van der Waals surface area (Å²) in [5, 5.41) is 18.6. The van der Waals surface area contributed by atoms with Gasteiger partial charge in [-0.2, -0.15) is 19.0 Å². The number of ether oxygens (including phenoxy) is 1. The lowest BCUT2D eigenvalue weighted by Gasteiger charge is -2.28. The minimum absolute atomic E-state index is 0.115. The Hall–Kier alpha value is -3.96. The maximum Gasteiger partial charge on any atom is 0.333 e. The van der Waals surface area contributed by atoms with E-state index in [1.807, 2.05) is 0 Å². The van der Waals surface area contributed by atoms with E-state index in [1.54, 1.807) is 42.5 Å². The molecule has 1 unspecified atom stereocenters. The lowest BCUT2D eigenvalue weighted by Crippen LogP contribution is -2.36. The first-order valence-electron chi connectivity index (χ1n) is 10.3. The highest BCUT2D eigenvalue weighted by molar-refractivity contribution is 6.33. The van der Waals surface area contributed by atoms with Gasteiger partial charge in [0.1, 0.15) is 6.33 Å². The van der Waals surface area contributed by atoms with E-state index in [9.17, 15) is 13.6 Å². The Morgan fingerprint density at radius 3 is 2.63 bits per heavy atom. The fourth-order valence-electron chi connectivity index (χ4n) is 3.60. The molecular weight excluding hydrogens is 480 g/mol. The van der Waals surface area contributed by atoms with Gasteiger partial charge in [0, 0.05) is 30.0 Å². The predicted octanol–water partition coefficient (Wildman–Crippen LogP) is 4.82. The average molecular weight is 500 g/mol. The molecule has 1 atom stereocenters. The van der Waals surface area contributed by atoms with Crippen molar-refractivity contribution in [3.63, 3.8) is 0 Å². The highest BCUT2D eigenvalue weighted by atomic mass is 35.5. The molecule has 0 bridgehead atoms. The van der Waals surface area contributed by atoms with E-state index in [4.69, 9.17) is 21.7 Å². The maximum absolute atomic E-state index is 13.3. The number of H-pyrrole nitrogens is 1. The Kier molecular flexibility index (Phi) is 7.28. The number of alkyl halides is 2. The molecule has 2 heterocycles. The molecule has 2 aromatic carbocycles. The summed E-state index contributed by atoms with van der Waals surface area (Å²) in [6.45, 7) is -2.62. The smallest absolute Gasteiger partial charge is 0.333 e. The van der Waals surface area contributed by atoms with Crippen molar-refractivity contribution in [2.24, 2.45) is 0 Å². The molecule has 12 heteroatoms. The van der Waals surface area contributed by atoms with E-state index in [-0.39, 0.29) is 6.61 Å². The molecule has 1 amide bonds. The Morgan fingerprint density at radius 1 is 1.26 bits per heavy atom. The molecule has 35 heavy (non-hydrogen) atoms. The molecule has 0 aliphatic carbocycles. The van der Waals surface area contributed by atoms with Gasteiger partial charge < -0.3 is 4.74 Å². The van der Waals surface area contributed by atoms with Crippen molar-refractivity contribution in [2.75, 3.05) is 13.7 Å². The van der Waals surface area contributed by atoms with Crippen LogP contribution in [0.5, 0.6) is 0 Å². The Labute approximate surface area is 203 Å². The van der Waals surface area contributed by atoms with Crippen LogP contribution < -0.4 is 0 Å². The number of amides is 1. The normalized spacial score (nSPS) is 12.0. The number of nitrogens with zero attached hydrogens (tertiary/aromatic N) is 5. The number of hydrogen-bond acceptors (Lipinski definition) is 6. The number of carbonyl (C=O) groups excluding carboxylic acids is 1. The molecule has 0 radical (unpaired) electrons. The number of aromatic nitrogens is 5. The van der Waals surface area contributed by atoms with Gasteiger partial charge in [-0.15, -0.1) is 0 Å². The van der Waals surface area contributed by atoms with Gasteiger partial charge in [-0.3, -0.25) is 20.2 Å². The van der Waals surface area contributed by atoms with Gasteiger partial charge >= 0.3 is 6.55 Å². The average Bonchev–Trinajstić information content (AvgIpc) is 3.57. The lowest BCUT2D eigenvalue weighted by atomic mass is 10.0. The number of nitrogens with one attached hydrogen (secondary N) is 2.